The maximum atomic E-state index is 12.6. The Morgan fingerprint density at radius 2 is 1.70 bits per heavy atom. The summed E-state index contributed by atoms with van der Waals surface area (Å²) in [6, 6.07) is 18.4. The van der Waals surface area contributed by atoms with Crippen LogP contribution in [0.2, 0.25) is 5.02 Å². The quantitative estimate of drug-likeness (QED) is 0.549. The lowest BCUT2D eigenvalue weighted by atomic mass is 10.2. The average molecular weight is 445 g/mol. The van der Waals surface area contributed by atoms with E-state index in [9.17, 15) is 13.2 Å². The Labute approximate surface area is 180 Å². The summed E-state index contributed by atoms with van der Waals surface area (Å²) in [5.41, 5.74) is 3.10. The Balaban J connectivity index is 1.65. The van der Waals surface area contributed by atoms with Gasteiger partial charge in [0.05, 0.1) is 9.92 Å². The molecule has 0 bridgehead atoms. The summed E-state index contributed by atoms with van der Waals surface area (Å²) in [6.45, 7) is 3.54. The molecule has 30 heavy (non-hydrogen) atoms. The van der Waals surface area contributed by atoms with Crippen molar-refractivity contribution in [1.82, 2.24) is 0 Å². The number of sulfonamides is 1. The predicted molar refractivity (Wildman–Crippen MR) is 119 cm³/mol. The number of hydrogen-bond acceptors (Lipinski definition) is 4. The highest BCUT2D eigenvalue weighted by molar-refractivity contribution is 7.92. The topological polar surface area (TPSA) is 84.5 Å². The van der Waals surface area contributed by atoms with Crippen molar-refractivity contribution in [3.63, 3.8) is 0 Å². The van der Waals surface area contributed by atoms with Gasteiger partial charge in [0.1, 0.15) is 5.75 Å². The Kier molecular flexibility index (Phi) is 6.64. The molecule has 8 heteroatoms. The Hall–Kier alpha value is -3.03. The second-order valence-corrected chi connectivity index (χ2v) is 8.81. The van der Waals surface area contributed by atoms with Crippen LogP contribution < -0.4 is 14.8 Å². The van der Waals surface area contributed by atoms with Crippen LogP contribution in [-0.2, 0) is 14.8 Å². The summed E-state index contributed by atoms with van der Waals surface area (Å²) in [4.78, 5) is 12.1. The molecule has 0 aromatic heterocycles. The molecule has 2 N–H and O–H groups in total. The zero-order valence-electron chi connectivity index (χ0n) is 16.5. The summed E-state index contributed by atoms with van der Waals surface area (Å²) in [7, 11) is -3.81. The molecule has 3 aromatic carbocycles. The number of para-hydroxylation sites is 1. The smallest absolute Gasteiger partial charge is 0.262 e. The van der Waals surface area contributed by atoms with Crippen LogP contribution in [0.25, 0.3) is 0 Å². The van der Waals surface area contributed by atoms with Gasteiger partial charge in [0.15, 0.2) is 6.61 Å². The van der Waals surface area contributed by atoms with Crippen LogP contribution in [0.15, 0.2) is 71.6 Å². The fourth-order valence-electron chi connectivity index (χ4n) is 2.64. The molecule has 0 atom stereocenters. The monoisotopic (exact) mass is 444 g/mol. The van der Waals surface area contributed by atoms with Crippen LogP contribution in [-0.4, -0.2) is 20.9 Å². The third-order valence-electron chi connectivity index (χ3n) is 4.30. The molecular formula is C22H21ClN2O4S. The van der Waals surface area contributed by atoms with Crippen molar-refractivity contribution in [2.45, 2.75) is 18.7 Å². The first-order valence-electron chi connectivity index (χ1n) is 9.12. The summed E-state index contributed by atoms with van der Waals surface area (Å²) >= 11 is 6.18. The van der Waals surface area contributed by atoms with Gasteiger partial charge in [0, 0.05) is 11.4 Å². The van der Waals surface area contributed by atoms with E-state index < -0.39 is 10.0 Å². The normalized spacial score (nSPS) is 11.0. The van der Waals surface area contributed by atoms with Gasteiger partial charge in [-0.25, -0.2) is 8.42 Å². The van der Waals surface area contributed by atoms with Crippen molar-refractivity contribution < 1.29 is 17.9 Å². The first kappa shape index (κ1) is 21.7. The number of rotatable bonds is 7. The van der Waals surface area contributed by atoms with Gasteiger partial charge < -0.3 is 10.1 Å². The molecule has 0 aliphatic carbocycles. The third kappa shape index (κ3) is 5.52. The van der Waals surface area contributed by atoms with E-state index in [0.29, 0.717) is 11.4 Å². The molecule has 0 aliphatic heterocycles. The van der Waals surface area contributed by atoms with Crippen LogP contribution in [0, 0.1) is 13.8 Å². The van der Waals surface area contributed by atoms with E-state index in [2.05, 4.69) is 10.0 Å². The molecule has 156 valence electrons. The number of ether oxygens (including phenoxy) is 1. The molecule has 0 aliphatic rings. The molecule has 0 fully saturated rings. The van der Waals surface area contributed by atoms with Gasteiger partial charge in [-0.1, -0.05) is 47.5 Å². The van der Waals surface area contributed by atoms with Crippen molar-refractivity contribution in [3.05, 3.63) is 82.9 Å². The molecule has 0 unspecified atom stereocenters. The molecule has 3 aromatic rings. The number of halogens is 1. The van der Waals surface area contributed by atoms with Crippen LogP contribution in [0.5, 0.6) is 5.75 Å². The number of benzene rings is 3. The highest BCUT2D eigenvalue weighted by atomic mass is 35.5. The zero-order chi connectivity index (χ0) is 21.7. The summed E-state index contributed by atoms with van der Waals surface area (Å²) < 4.78 is 33.1. The number of anilines is 2. The first-order chi connectivity index (χ1) is 14.2. The van der Waals surface area contributed by atoms with Gasteiger partial charge in [-0.2, -0.15) is 0 Å². The minimum absolute atomic E-state index is 0.00946. The molecule has 3 rings (SSSR count). The van der Waals surface area contributed by atoms with E-state index in [1.54, 1.807) is 18.2 Å². The predicted octanol–water partition coefficient (Wildman–Crippen LogP) is 4.78. The van der Waals surface area contributed by atoms with Crippen molar-refractivity contribution >= 4 is 38.9 Å². The van der Waals surface area contributed by atoms with E-state index in [1.165, 1.54) is 18.2 Å². The van der Waals surface area contributed by atoms with Crippen molar-refractivity contribution in [2.75, 3.05) is 16.6 Å². The molecule has 0 heterocycles. The van der Waals surface area contributed by atoms with Gasteiger partial charge in [0.25, 0.3) is 15.9 Å². The number of nitrogens with one attached hydrogen (secondary N) is 2. The third-order valence-corrected chi connectivity index (χ3v) is 5.97. The van der Waals surface area contributed by atoms with Crippen molar-refractivity contribution in [2.24, 2.45) is 0 Å². The molecular weight excluding hydrogens is 424 g/mol. The number of carbonyl (C=O) groups is 1. The fourth-order valence-corrected chi connectivity index (χ4v) is 4.03. The SMILES string of the molecule is Cc1ccc(NS(=O)(=O)c2ccc(OCC(=O)Nc3ccccc3C)c(Cl)c2)cc1. The number of carbonyl (C=O) groups excluding carboxylic acids is 1. The number of aryl methyl sites for hydroxylation is 2. The molecule has 0 saturated carbocycles. The lowest BCUT2D eigenvalue weighted by Crippen LogP contribution is -2.20. The van der Waals surface area contributed by atoms with Crippen LogP contribution in [0.4, 0.5) is 11.4 Å². The fraction of sp³-hybridized carbons (Fsp3) is 0.136. The van der Waals surface area contributed by atoms with Crippen LogP contribution >= 0.6 is 11.6 Å². The second kappa shape index (κ2) is 9.19. The molecule has 1 amide bonds. The summed E-state index contributed by atoms with van der Waals surface area (Å²) in [5, 5.41) is 2.84. The van der Waals surface area contributed by atoms with Gasteiger partial charge in [-0.05, 0) is 55.8 Å². The van der Waals surface area contributed by atoms with E-state index in [4.69, 9.17) is 16.3 Å². The lowest BCUT2D eigenvalue weighted by molar-refractivity contribution is -0.118. The highest BCUT2D eigenvalue weighted by Crippen LogP contribution is 2.28. The first-order valence-corrected chi connectivity index (χ1v) is 11.0. The molecule has 0 radical (unpaired) electrons. The molecule has 6 nitrogen and oxygen atoms in total. The van der Waals surface area contributed by atoms with E-state index >= 15 is 0 Å². The lowest BCUT2D eigenvalue weighted by Gasteiger charge is -2.12. The molecule has 0 spiro atoms. The van der Waals surface area contributed by atoms with Gasteiger partial charge >= 0.3 is 0 Å². The van der Waals surface area contributed by atoms with E-state index in [-0.39, 0.29) is 28.2 Å². The second-order valence-electron chi connectivity index (χ2n) is 6.72. The minimum atomic E-state index is -3.81. The maximum Gasteiger partial charge on any atom is 0.262 e. The Morgan fingerprint density at radius 3 is 2.37 bits per heavy atom. The minimum Gasteiger partial charge on any atom is -0.482 e. The van der Waals surface area contributed by atoms with Crippen molar-refractivity contribution in [3.8, 4) is 5.75 Å². The Bertz CT molecular complexity index is 1160. The molecule has 0 saturated heterocycles. The average Bonchev–Trinajstić information content (AvgIpc) is 2.70. The zero-order valence-corrected chi connectivity index (χ0v) is 18.0. The summed E-state index contributed by atoms with van der Waals surface area (Å²) in [6.07, 6.45) is 0. The highest BCUT2D eigenvalue weighted by Gasteiger charge is 2.17. The van der Waals surface area contributed by atoms with Gasteiger partial charge in [-0.15, -0.1) is 0 Å². The van der Waals surface area contributed by atoms with Gasteiger partial charge in [0.2, 0.25) is 0 Å². The van der Waals surface area contributed by atoms with Gasteiger partial charge in [-0.3, -0.25) is 9.52 Å². The standard InChI is InChI=1S/C22H21ClN2O4S/c1-15-7-9-17(10-8-15)25-30(27,28)18-11-12-21(19(23)13-18)29-14-22(26)24-20-6-4-3-5-16(20)2/h3-13,25H,14H2,1-2H3,(H,24,26). The van der Waals surface area contributed by atoms with Crippen LogP contribution in [0.3, 0.4) is 0 Å². The number of hydrogen-bond donors (Lipinski definition) is 2. The van der Waals surface area contributed by atoms with E-state index in [0.717, 1.165) is 11.1 Å². The van der Waals surface area contributed by atoms with E-state index in [1.807, 2.05) is 44.2 Å². The van der Waals surface area contributed by atoms with Crippen molar-refractivity contribution in [1.29, 1.82) is 0 Å². The Morgan fingerprint density at radius 1 is 1.00 bits per heavy atom. The van der Waals surface area contributed by atoms with Crippen LogP contribution in [0.1, 0.15) is 11.1 Å². The summed E-state index contributed by atoms with van der Waals surface area (Å²) in [5.74, 6) is -0.135. The largest absolute Gasteiger partial charge is 0.482 e. The number of amides is 1. The maximum absolute atomic E-state index is 12.6.